The monoisotopic (exact) mass is 299 g/mol. The van der Waals surface area contributed by atoms with Crippen LogP contribution in [0.4, 0.5) is 0 Å². The average Bonchev–Trinajstić information content (AvgIpc) is 2.87. The molecule has 0 atom stereocenters. The molecule has 3 heteroatoms. The fourth-order valence-electron chi connectivity index (χ4n) is 2.82. The summed E-state index contributed by atoms with van der Waals surface area (Å²) in [5, 5.41) is 0.734. The summed E-state index contributed by atoms with van der Waals surface area (Å²) in [6.07, 6.45) is 0.467. The molecule has 0 radical (unpaired) electrons. The first-order valence-corrected chi connectivity index (χ1v) is 7.52. The number of hydrogen-bond donors (Lipinski definition) is 0. The highest BCUT2D eigenvalue weighted by molar-refractivity contribution is 6.30. The number of aryl methyl sites for hydroxylation is 1. The molecule has 108 valence electrons. The Balaban J connectivity index is 1.75. The summed E-state index contributed by atoms with van der Waals surface area (Å²) >= 11 is 6.02. The predicted octanol–water partition coefficient (Wildman–Crippen LogP) is 4.04. The summed E-state index contributed by atoms with van der Waals surface area (Å²) in [6.45, 7) is 5.52. The summed E-state index contributed by atoms with van der Waals surface area (Å²) in [5.41, 5.74) is 5.93. The molecule has 2 nitrogen and oxygen atoms in total. The highest BCUT2D eigenvalue weighted by atomic mass is 35.5. The average molecular weight is 300 g/mol. The van der Waals surface area contributed by atoms with Crippen molar-refractivity contribution in [2.45, 2.75) is 33.4 Å². The lowest BCUT2D eigenvalue weighted by Crippen LogP contribution is -2.27. The minimum Gasteiger partial charge on any atom is -0.334 e. The molecular formula is C18H18ClNO. The third kappa shape index (κ3) is 2.81. The Morgan fingerprint density at radius 2 is 1.90 bits per heavy atom. The first-order valence-electron chi connectivity index (χ1n) is 7.15. The molecule has 0 spiro atoms. The Labute approximate surface area is 130 Å². The van der Waals surface area contributed by atoms with Crippen LogP contribution in [0.2, 0.25) is 5.02 Å². The number of amides is 1. The molecule has 1 amide bonds. The van der Waals surface area contributed by atoms with Gasteiger partial charge >= 0.3 is 0 Å². The third-order valence-electron chi connectivity index (χ3n) is 4.30. The van der Waals surface area contributed by atoms with E-state index in [-0.39, 0.29) is 5.91 Å². The van der Waals surface area contributed by atoms with Gasteiger partial charge in [-0.15, -0.1) is 0 Å². The van der Waals surface area contributed by atoms with E-state index in [2.05, 4.69) is 19.9 Å². The van der Waals surface area contributed by atoms with Crippen LogP contribution in [-0.2, 0) is 24.3 Å². The van der Waals surface area contributed by atoms with Crippen molar-refractivity contribution in [3.05, 3.63) is 69.2 Å². The molecule has 0 bridgehead atoms. The molecule has 0 saturated heterocycles. The Bertz CT molecular complexity index is 708. The van der Waals surface area contributed by atoms with Crippen molar-refractivity contribution >= 4 is 17.5 Å². The molecule has 0 fully saturated rings. The van der Waals surface area contributed by atoms with Crippen LogP contribution < -0.4 is 0 Å². The van der Waals surface area contributed by atoms with Gasteiger partial charge in [-0.05, 0) is 53.8 Å². The van der Waals surface area contributed by atoms with Gasteiger partial charge in [-0.1, -0.05) is 35.9 Å². The van der Waals surface area contributed by atoms with Crippen LogP contribution in [0.3, 0.4) is 0 Å². The van der Waals surface area contributed by atoms with Gasteiger partial charge in [0.05, 0.1) is 6.42 Å². The van der Waals surface area contributed by atoms with Gasteiger partial charge in [-0.3, -0.25) is 4.79 Å². The number of benzene rings is 2. The third-order valence-corrected chi connectivity index (χ3v) is 4.54. The topological polar surface area (TPSA) is 20.3 Å². The van der Waals surface area contributed by atoms with E-state index in [0.29, 0.717) is 19.5 Å². The van der Waals surface area contributed by atoms with Crippen molar-refractivity contribution in [3.8, 4) is 0 Å². The van der Waals surface area contributed by atoms with Gasteiger partial charge in [0, 0.05) is 18.1 Å². The minimum atomic E-state index is 0.177. The van der Waals surface area contributed by atoms with Crippen LogP contribution in [0, 0.1) is 13.8 Å². The Hall–Kier alpha value is -1.80. The molecule has 2 aromatic rings. The highest BCUT2D eigenvalue weighted by Gasteiger charge is 2.23. The van der Waals surface area contributed by atoms with Crippen LogP contribution in [0.5, 0.6) is 0 Å². The standard InChI is InChI=1S/C18H18ClNO/c1-12-4-3-5-14(13(12)2)9-18(21)20-10-15-6-7-17(19)8-16(15)11-20/h3-8H,9-11H2,1-2H3. The van der Waals surface area contributed by atoms with Crippen molar-refractivity contribution in [1.82, 2.24) is 4.90 Å². The lowest BCUT2D eigenvalue weighted by atomic mass is 10.0. The number of nitrogens with zero attached hydrogens (tertiary/aromatic N) is 1. The molecule has 1 aliphatic heterocycles. The van der Waals surface area contributed by atoms with Crippen molar-refractivity contribution in [2.75, 3.05) is 0 Å². The van der Waals surface area contributed by atoms with E-state index < -0.39 is 0 Å². The van der Waals surface area contributed by atoms with Gasteiger partial charge in [0.15, 0.2) is 0 Å². The quantitative estimate of drug-likeness (QED) is 0.819. The predicted molar refractivity (Wildman–Crippen MR) is 85.3 cm³/mol. The first-order chi connectivity index (χ1) is 10.0. The van der Waals surface area contributed by atoms with Crippen LogP contribution in [0.15, 0.2) is 36.4 Å². The lowest BCUT2D eigenvalue weighted by Gasteiger charge is -2.16. The van der Waals surface area contributed by atoms with Crippen molar-refractivity contribution in [3.63, 3.8) is 0 Å². The maximum absolute atomic E-state index is 12.5. The molecule has 0 saturated carbocycles. The SMILES string of the molecule is Cc1cccc(CC(=O)N2Cc3ccc(Cl)cc3C2)c1C. The molecular weight excluding hydrogens is 282 g/mol. The summed E-state index contributed by atoms with van der Waals surface area (Å²) in [6, 6.07) is 12.0. The van der Waals surface area contributed by atoms with E-state index in [1.165, 1.54) is 16.7 Å². The Morgan fingerprint density at radius 1 is 1.14 bits per heavy atom. The highest BCUT2D eigenvalue weighted by Crippen LogP contribution is 2.26. The van der Waals surface area contributed by atoms with Gasteiger partial charge in [-0.25, -0.2) is 0 Å². The van der Waals surface area contributed by atoms with Crippen molar-refractivity contribution in [2.24, 2.45) is 0 Å². The van der Waals surface area contributed by atoms with Crippen molar-refractivity contribution < 1.29 is 4.79 Å². The van der Waals surface area contributed by atoms with Gasteiger partial charge in [0.25, 0.3) is 0 Å². The van der Waals surface area contributed by atoms with E-state index >= 15 is 0 Å². The number of carbonyl (C=O) groups is 1. The Kier molecular flexibility index (Phi) is 3.73. The fraction of sp³-hybridized carbons (Fsp3) is 0.278. The fourth-order valence-corrected chi connectivity index (χ4v) is 3.01. The lowest BCUT2D eigenvalue weighted by molar-refractivity contribution is -0.131. The zero-order chi connectivity index (χ0) is 15.0. The van der Waals surface area contributed by atoms with E-state index in [4.69, 9.17) is 11.6 Å². The number of rotatable bonds is 2. The van der Waals surface area contributed by atoms with Gasteiger partial charge < -0.3 is 4.90 Å². The maximum Gasteiger partial charge on any atom is 0.227 e. The molecule has 0 aromatic heterocycles. The number of fused-ring (bicyclic) bond motifs is 1. The van der Waals surface area contributed by atoms with E-state index in [9.17, 15) is 4.79 Å². The molecule has 1 heterocycles. The summed E-state index contributed by atoms with van der Waals surface area (Å²) in [7, 11) is 0. The summed E-state index contributed by atoms with van der Waals surface area (Å²) < 4.78 is 0. The summed E-state index contributed by atoms with van der Waals surface area (Å²) in [4.78, 5) is 14.4. The van der Waals surface area contributed by atoms with Crippen LogP contribution in [0.1, 0.15) is 27.8 Å². The molecule has 21 heavy (non-hydrogen) atoms. The smallest absolute Gasteiger partial charge is 0.227 e. The molecule has 0 N–H and O–H groups in total. The van der Waals surface area contributed by atoms with Crippen LogP contribution >= 0.6 is 11.6 Å². The van der Waals surface area contributed by atoms with E-state index in [0.717, 1.165) is 16.1 Å². The number of hydrogen-bond acceptors (Lipinski definition) is 1. The second-order valence-corrected chi connectivity index (χ2v) is 6.14. The molecule has 3 rings (SSSR count). The zero-order valence-electron chi connectivity index (χ0n) is 12.3. The maximum atomic E-state index is 12.5. The largest absolute Gasteiger partial charge is 0.334 e. The molecule has 1 aliphatic rings. The van der Waals surface area contributed by atoms with Gasteiger partial charge in [-0.2, -0.15) is 0 Å². The second kappa shape index (κ2) is 5.53. The molecule has 0 unspecified atom stereocenters. The van der Waals surface area contributed by atoms with Crippen LogP contribution in [-0.4, -0.2) is 10.8 Å². The Morgan fingerprint density at radius 3 is 2.71 bits per heavy atom. The zero-order valence-corrected chi connectivity index (χ0v) is 13.1. The van der Waals surface area contributed by atoms with Gasteiger partial charge in [0.1, 0.15) is 0 Å². The number of halogens is 1. The molecule has 2 aromatic carbocycles. The minimum absolute atomic E-state index is 0.177. The normalized spacial score (nSPS) is 13.4. The van der Waals surface area contributed by atoms with Crippen molar-refractivity contribution in [1.29, 1.82) is 0 Å². The first kappa shape index (κ1) is 14.2. The second-order valence-electron chi connectivity index (χ2n) is 5.70. The van der Waals surface area contributed by atoms with Gasteiger partial charge in [0.2, 0.25) is 5.91 Å². The number of carbonyl (C=O) groups excluding carboxylic acids is 1. The van der Waals surface area contributed by atoms with Crippen LogP contribution in [0.25, 0.3) is 0 Å². The molecule has 0 aliphatic carbocycles. The van der Waals surface area contributed by atoms with E-state index in [1.54, 1.807) is 0 Å². The summed E-state index contributed by atoms with van der Waals surface area (Å²) in [5.74, 6) is 0.177. The van der Waals surface area contributed by atoms with E-state index in [1.807, 2.05) is 35.2 Å².